The van der Waals surface area contributed by atoms with Crippen molar-refractivity contribution in [3.8, 4) is 0 Å². The third-order valence-electron chi connectivity index (χ3n) is 2.50. The highest BCUT2D eigenvalue weighted by Gasteiger charge is 2.00. The van der Waals surface area contributed by atoms with Crippen LogP contribution in [0, 0.1) is 6.92 Å². The van der Waals surface area contributed by atoms with Crippen LogP contribution in [0.1, 0.15) is 31.2 Å². The van der Waals surface area contributed by atoms with Gasteiger partial charge in [-0.15, -0.1) is 0 Å². The molecule has 1 aromatic rings. The van der Waals surface area contributed by atoms with Gasteiger partial charge >= 0.3 is 5.97 Å². The molecule has 0 fully saturated rings. The quantitative estimate of drug-likeness (QED) is 0.731. The first-order valence-electron chi connectivity index (χ1n) is 5.81. The van der Waals surface area contributed by atoms with Gasteiger partial charge in [0.1, 0.15) is 0 Å². The molecule has 0 saturated carbocycles. The Kier molecular flexibility index (Phi) is 5.84. The van der Waals surface area contributed by atoms with Gasteiger partial charge in [0.05, 0.1) is 10.7 Å². The molecule has 0 bridgehead atoms. The average molecular weight is 256 g/mol. The topological polar surface area (TPSA) is 49.3 Å². The van der Waals surface area contributed by atoms with E-state index in [9.17, 15) is 4.79 Å². The van der Waals surface area contributed by atoms with Gasteiger partial charge in [0.15, 0.2) is 0 Å². The van der Waals surface area contributed by atoms with Crippen molar-refractivity contribution >= 4 is 23.3 Å². The van der Waals surface area contributed by atoms with Gasteiger partial charge in [-0.05, 0) is 37.5 Å². The fourth-order valence-electron chi connectivity index (χ4n) is 1.58. The van der Waals surface area contributed by atoms with Crippen molar-refractivity contribution in [3.05, 3.63) is 28.8 Å². The van der Waals surface area contributed by atoms with Crippen LogP contribution in [0.3, 0.4) is 0 Å². The molecule has 0 aliphatic carbocycles. The molecule has 0 aromatic heterocycles. The number of aliphatic carboxylic acids is 1. The third kappa shape index (κ3) is 5.59. The van der Waals surface area contributed by atoms with Crippen LogP contribution in [0.25, 0.3) is 0 Å². The normalized spacial score (nSPS) is 10.2. The monoisotopic (exact) mass is 255 g/mol. The van der Waals surface area contributed by atoms with E-state index in [0.29, 0.717) is 0 Å². The van der Waals surface area contributed by atoms with Gasteiger partial charge in [0, 0.05) is 13.0 Å². The van der Waals surface area contributed by atoms with Gasteiger partial charge in [0.25, 0.3) is 0 Å². The van der Waals surface area contributed by atoms with Crippen LogP contribution < -0.4 is 5.32 Å². The zero-order chi connectivity index (χ0) is 12.7. The summed E-state index contributed by atoms with van der Waals surface area (Å²) in [6.45, 7) is 2.84. The molecule has 2 N–H and O–H groups in total. The van der Waals surface area contributed by atoms with E-state index in [1.807, 2.05) is 25.1 Å². The van der Waals surface area contributed by atoms with Crippen LogP contribution in [0.5, 0.6) is 0 Å². The number of halogens is 1. The largest absolute Gasteiger partial charge is 0.481 e. The maximum absolute atomic E-state index is 10.3. The van der Waals surface area contributed by atoms with Crippen molar-refractivity contribution in [2.45, 2.75) is 32.6 Å². The number of rotatable bonds is 7. The van der Waals surface area contributed by atoms with E-state index in [-0.39, 0.29) is 6.42 Å². The molecule has 1 rings (SSSR count). The summed E-state index contributed by atoms with van der Waals surface area (Å²) in [5.74, 6) is -0.723. The Morgan fingerprint density at radius 2 is 2.12 bits per heavy atom. The van der Waals surface area contributed by atoms with E-state index in [0.717, 1.165) is 36.5 Å². The Labute approximate surface area is 107 Å². The zero-order valence-corrected chi connectivity index (χ0v) is 10.8. The van der Waals surface area contributed by atoms with Crippen LogP contribution in [0.2, 0.25) is 5.02 Å². The highest BCUT2D eigenvalue weighted by molar-refractivity contribution is 6.33. The Morgan fingerprint density at radius 3 is 2.82 bits per heavy atom. The predicted molar refractivity (Wildman–Crippen MR) is 70.8 cm³/mol. The summed E-state index contributed by atoms with van der Waals surface area (Å²) in [6, 6.07) is 5.86. The summed E-state index contributed by atoms with van der Waals surface area (Å²) in [7, 11) is 0. The third-order valence-corrected chi connectivity index (χ3v) is 2.83. The summed E-state index contributed by atoms with van der Waals surface area (Å²) in [4.78, 5) is 10.3. The molecular formula is C13H18ClNO2. The lowest BCUT2D eigenvalue weighted by Crippen LogP contribution is -2.03. The average Bonchev–Trinajstić information content (AvgIpc) is 2.27. The van der Waals surface area contributed by atoms with Gasteiger partial charge in [-0.1, -0.05) is 24.1 Å². The Balaban J connectivity index is 2.22. The van der Waals surface area contributed by atoms with Gasteiger partial charge in [0.2, 0.25) is 0 Å². The van der Waals surface area contributed by atoms with Crippen molar-refractivity contribution in [1.82, 2.24) is 0 Å². The Morgan fingerprint density at radius 1 is 1.35 bits per heavy atom. The van der Waals surface area contributed by atoms with Crippen molar-refractivity contribution in [2.24, 2.45) is 0 Å². The lowest BCUT2D eigenvalue weighted by Gasteiger charge is -2.08. The highest BCUT2D eigenvalue weighted by Crippen LogP contribution is 2.22. The minimum atomic E-state index is -0.723. The molecule has 4 heteroatoms. The smallest absolute Gasteiger partial charge is 0.303 e. The lowest BCUT2D eigenvalue weighted by atomic mass is 10.2. The number of anilines is 1. The van der Waals surface area contributed by atoms with Gasteiger partial charge < -0.3 is 10.4 Å². The van der Waals surface area contributed by atoms with Crippen molar-refractivity contribution in [1.29, 1.82) is 0 Å². The summed E-state index contributed by atoms with van der Waals surface area (Å²) in [6.07, 6.45) is 2.87. The second-order valence-corrected chi connectivity index (χ2v) is 4.52. The number of hydrogen-bond acceptors (Lipinski definition) is 2. The molecule has 0 amide bonds. The van der Waals surface area contributed by atoms with Crippen LogP contribution >= 0.6 is 11.6 Å². The van der Waals surface area contributed by atoms with Crippen LogP contribution in [0.4, 0.5) is 5.69 Å². The number of hydrogen-bond donors (Lipinski definition) is 2. The van der Waals surface area contributed by atoms with E-state index < -0.39 is 5.97 Å². The molecule has 0 heterocycles. The van der Waals surface area contributed by atoms with E-state index >= 15 is 0 Å². The molecule has 0 spiro atoms. The predicted octanol–water partition coefficient (Wildman–Crippen LogP) is 3.71. The van der Waals surface area contributed by atoms with Crippen molar-refractivity contribution in [2.75, 3.05) is 11.9 Å². The number of aryl methyl sites for hydroxylation is 1. The molecule has 0 atom stereocenters. The first kappa shape index (κ1) is 13.8. The standard InChI is InChI=1S/C13H18ClNO2/c1-10-6-7-11(14)12(9-10)15-8-4-2-3-5-13(16)17/h6-7,9,15H,2-5,8H2,1H3,(H,16,17). The first-order valence-corrected chi connectivity index (χ1v) is 6.19. The molecule has 0 aliphatic heterocycles. The van der Waals surface area contributed by atoms with E-state index in [1.54, 1.807) is 0 Å². The highest BCUT2D eigenvalue weighted by atomic mass is 35.5. The van der Waals surface area contributed by atoms with Crippen LogP contribution in [-0.2, 0) is 4.79 Å². The molecule has 3 nitrogen and oxygen atoms in total. The molecule has 94 valence electrons. The molecule has 1 aromatic carbocycles. The SMILES string of the molecule is Cc1ccc(Cl)c(NCCCCCC(=O)O)c1. The van der Waals surface area contributed by atoms with Gasteiger partial charge in [-0.3, -0.25) is 4.79 Å². The second-order valence-electron chi connectivity index (χ2n) is 4.11. The lowest BCUT2D eigenvalue weighted by molar-refractivity contribution is -0.137. The summed E-state index contributed by atoms with van der Waals surface area (Å²) < 4.78 is 0. The van der Waals surface area contributed by atoms with Crippen molar-refractivity contribution in [3.63, 3.8) is 0 Å². The number of benzene rings is 1. The molecule has 0 unspecified atom stereocenters. The number of carbonyl (C=O) groups is 1. The second kappa shape index (κ2) is 7.17. The number of carboxylic acids is 1. The molecule has 0 aliphatic rings. The minimum absolute atomic E-state index is 0.255. The van der Waals surface area contributed by atoms with E-state index in [4.69, 9.17) is 16.7 Å². The summed E-state index contributed by atoms with van der Waals surface area (Å²) in [5, 5.41) is 12.5. The molecule has 17 heavy (non-hydrogen) atoms. The molecule has 0 saturated heterocycles. The van der Waals surface area contributed by atoms with Crippen LogP contribution in [0.15, 0.2) is 18.2 Å². The van der Waals surface area contributed by atoms with Gasteiger partial charge in [-0.25, -0.2) is 0 Å². The van der Waals surface area contributed by atoms with Crippen LogP contribution in [-0.4, -0.2) is 17.6 Å². The Hall–Kier alpha value is -1.22. The number of nitrogens with one attached hydrogen (secondary N) is 1. The fourth-order valence-corrected chi connectivity index (χ4v) is 1.76. The maximum Gasteiger partial charge on any atom is 0.303 e. The maximum atomic E-state index is 10.3. The van der Waals surface area contributed by atoms with Crippen molar-refractivity contribution < 1.29 is 9.90 Å². The molecule has 0 radical (unpaired) electrons. The number of carboxylic acid groups (broad SMARTS) is 1. The van der Waals surface area contributed by atoms with E-state index in [1.165, 1.54) is 5.56 Å². The first-order chi connectivity index (χ1) is 8.09. The fraction of sp³-hybridized carbons (Fsp3) is 0.462. The van der Waals surface area contributed by atoms with Gasteiger partial charge in [-0.2, -0.15) is 0 Å². The van der Waals surface area contributed by atoms with E-state index in [2.05, 4.69) is 5.32 Å². The minimum Gasteiger partial charge on any atom is -0.481 e. The Bertz CT molecular complexity index is 380. The number of unbranched alkanes of at least 4 members (excludes halogenated alkanes) is 2. The summed E-state index contributed by atoms with van der Waals surface area (Å²) in [5.41, 5.74) is 2.12. The summed E-state index contributed by atoms with van der Waals surface area (Å²) >= 11 is 6.04. The molecular weight excluding hydrogens is 238 g/mol. The zero-order valence-electron chi connectivity index (χ0n) is 10.0.